The van der Waals surface area contributed by atoms with Gasteiger partial charge < -0.3 is 9.15 Å². The predicted octanol–water partition coefficient (Wildman–Crippen LogP) is 3.31. The van der Waals surface area contributed by atoms with E-state index < -0.39 is 4.92 Å². The highest BCUT2D eigenvalue weighted by Crippen LogP contribution is 2.32. The first-order chi connectivity index (χ1) is 11.2. The summed E-state index contributed by atoms with van der Waals surface area (Å²) in [5.74, 6) is 0.736. The van der Waals surface area contributed by atoms with Crippen molar-refractivity contribution in [3.63, 3.8) is 0 Å². The van der Waals surface area contributed by atoms with Crippen molar-refractivity contribution in [3.8, 4) is 29.0 Å². The van der Waals surface area contributed by atoms with E-state index in [0.29, 0.717) is 17.2 Å². The molecule has 3 aromatic rings. The molecule has 112 valence electrons. The van der Waals surface area contributed by atoms with Crippen molar-refractivity contribution >= 4 is 5.69 Å². The molecule has 0 bridgehead atoms. The molecule has 8 nitrogen and oxygen atoms in total. The number of aromatic nitrogens is 2. The topological polar surface area (TPSA) is 115 Å². The lowest BCUT2D eigenvalue weighted by atomic mass is 10.2. The highest BCUT2D eigenvalue weighted by molar-refractivity contribution is 5.56. The van der Waals surface area contributed by atoms with Crippen molar-refractivity contribution in [1.82, 2.24) is 10.2 Å². The van der Waals surface area contributed by atoms with Gasteiger partial charge in [0, 0.05) is 17.7 Å². The molecule has 8 heteroatoms. The third-order valence-corrected chi connectivity index (χ3v) is 2.97. The van der Waals surface area contributed by atoms with Crippen molar-refractivity contribution in [3.05, 3.63) is 64.5 Å². The number of rotatable bonds is 4. The van der Waals surface area contributed by atoms with E-state index in [4.69, 9.17) is 14.4 Å². The fourth-order valence-electron chi connectivity index (χ4n) is 1.91. The lowest BCUT2D eigenvalue weighted by Gasteiger charge is -2.07. The number of ether oxygens (including phenoxy) is 1. The minimum Gasteiger partial charge on any atom is -0.450 e. The van der Waals surface area contributed by atoms with E-state index in [2.05, 4.69) is 10.2 Å². The average Bonchev–Trinajstić information content (AvgIpc) is 3.09. The molecule has 0 fully saturated rings. The number of benzene rings is 2. The molecule has 0 aliphatic rings. The van der Waals surface area contributed by atoms with Gasteiger partial charge in [-0.2, -0.15) is 5.26 Å². The van der Waals surface area contributed by atoms with E-state index in [9.17, 15) is 10.1 Å². The summed E-state index contributed by atoms with van der Waals surface area (Å²) in [7, 11) is 0. The highest BCUT2D eigenvalue weighted by Gasteiger charge is 2.16. The summed E-state index contributed by atoms with van der Waals surface area (Å²) in [6, 6.07) is 12.4. The summed E-state index contributed by atoms with van der Waals surface area (Å²) in [5.41, 5.74) is 0.744. The van der Waals surface area contributed by atoms with Crippen LogP contribution in [0.2, 0.25) is 0 Å². The minimum absolute atomic E-state index is 0.000379. The third-order valence-electron chi connectivity index (χ3n) is 2.97. The zero-order valence-electron chi connectivity index (χ0n) is 11.5. The summed E-state index contributed by atoms with van der Waals surface area (Å²) >= 11 is 0. The molecule has 0 N–H and O–H groups in total. The second-order valence-electron chi connectivity index (χ2n) is 4.42. The minimum atomic E-state index is -0.566. The molecule has 0 saturated carbocycles. The van der Waals surface area contributed by atoms with Gasteiger partial charge in [0.05, 0.1) is 16.6 Å². The van der Waals surface area contributed by atoms with E-state index in [0.717, 1.165) is 0 Å². The number of nitrogens with zero attached hydrogens (tertiary/aromatic N) is 4. The molecule has 23 heavy (non-hydrogen) atoms. The highest BCUT2D eigenvalue weighted by atomic mass is 16.6. The van der Waals surface area contributed by atoms with Crippen LogP contribution < -0.4 is 4.74 Å². The first kappa shape index (κ1) is 14.2. The van der Waals surface area contributed by atoms with E-state index in [1.54, 1.807) is 24.3 Å². The van der Waals surface area contributed by atoms with Crippen LogP contribution in [-0.2, 0) is 0 Å². The number of nitro benzene ring substituents is 1. The number of hydrogen-bond acceptors (Lipinski definition) is 7. The van der Waals surface area contributed by atoms with Gasteiger partial charge in [0.15, 0.2) is 0 Å². The van der Waals surface area contributed by atoms with Gasteiger partial charge in [-0.05, 0) is 30.3 Å². The lowest BCUT2D eigenvalue weighted by molar-refractivity contribution is -0.385. The van der Waals surface area contributed by atoms with Crippen molar-refractivity contribution in [2.75, 3.05) is 0 Å². The smallest absolute Gasteiger partial charge is 0.311 e. The second kappa shape index (κ2) is 5.95. The fourth-order valence-corrected chi connectivity index (χ4v) is 1.91. The van der Waals surface area contributed by atoms with Crippen LogP contribution in [-0.4, -0.2) is 15.1 Å². The Hall–Kier alpha value is -3.73. The quantitative estimate of drug-likeness (QED) is 0.536. The van der Waals surface area contributed by atoms with Crippen LogP contribution in [0.3, 0.4) is 0 Å². The lowest BCUT2D eigenvalue weighted by Crippen LogP contribution is -1.94. The van der Waals surface area contributed by atoms with E-state index in [-0.39, 0.29) is 17.0 Å². The SMILES string of the molecule is N#Cc1ccc([N+](=O)[O-])c(Oc2ccc(-c3nnco3)cc2)c1. The van der Waals surface area contributed by atoms with Crippen LogP contribution in [0.1, 0.15) is 5.56 Å². The maximum Gasteiger partial charge on any atom is 0.311 e. The zero-order valence-corrected chi connectivity index (χ0v) is 11.5. The van der Waals surface area contributed by atoms with Gasteiger partial charge in [-0.1, -0.05) is 0 Å². The molecule has 0 saturated heterocycles. The van der Waals surface area contributed by atoms with Crippen molar-refractivity contribution in [1.29, 1.82) is 5.26 Å². The molecule has 3 rings (SSSR count). The van der Waals surface area contributed by atoms with Crippen LogP contribution in [0.4, 0.5) is 5.69 Å². The summed E-state index contributed by atoms with van der Waals surface area (Å²) in [6.45, 7) is 0. The molecule has 0 spiro atoms. The number of nitriles is 1. The van der Waals surface area contributed by atoms with E-state index in [1.165, 1.54) is 24.6 Å². The van der Waals surface area contributed by atoms with Gasteiger partial charge in [0.25, 0.3) is 0 Å². The van der Waals surface area contributed by atoms with Crippen LogP contribution in [0.25, 0.3) is 11.5 Å². The van der Waals surface area contributed by atoms with Gasteiger partial charge in [0.1, 0.15) is 5.75 Å². The number of nitro groups is 1. The Morgan fingerprint density at radius 3 is 2.61 bits per heavy atom. The Morgan fingerprint density at radius 1 is 1.22 bits per heavy atom. The maximum atomic E-state index is 11.0. The molecule has 2 aromatic carbocycles. The monoisotopic (exact) mass is 308 g/mol. The molecule has 0 aliphatic carbocycles. The van der Waals surface area contributed by atoms with Crippen LogP contribution in [0.15, 0.2) is 53.3 Å². The fraction of sp³-hybridized carbons (Fsp3) is 0. The molecule has 1 aromatic heterocycles. The molecule has 1 heterocycles. The van der Waals surface area contributed by atoms with Crippen molar-refractivity contribution in [2.45, 2.75) is 0 Å². The first-order valence-corrected chi connectivity index (χ1v) is 6.40. The van der Waals surface area contributed by atoms with Gasteiger partial charge in [0.2, 0.25) is 18.0 Å². The van der Waals surface area contributed by atoms with Gasteiger partial charge in [-0.3, -0.25) is 10.1 Å². The normalized spacial score (nSPS) is 10.0. The molecule has 0 atom stereocenters. The van der Waals surface area contributed by atoms with E-state index >= 15 is 0 Å². The summed E-state index contributed by atoms with van der Waals surface area (Å²) in [5, 5.41) is 27.3. The number of hydrogen-bond donors (Lipinski definition) is 0. The maximum absolute atomic E-state index is 11.0. The Labute approximate surface area is 129 Å². The second-order valence-corrected chi connectivity index (χ2v) is 4.42. The van der Waals surface area contributed by atoms with Crippen LogP contribution >= 0.6 is 0 Å². The van der Waals surface area contributed by atoms with Gasteiger partial charge in [-0.15, -0.1) is 10.2 Å². The largest absolute Gasteiger partial charge is 0.450 e. The first-order valence-electron chi connectivity index (χ1n) is 6.40. The standard InChI is InChI=1S/C15H8N4O4/c16-8-10-1-6-13(19(20)21)14(7-10)23-12-4-2-11(3-5-12)15-18-17-9-22-15/h1-7,9H. The molecule has 0 aliphatic heterocycles. The molecule has 0 unspecified atom stereocenters. The molecule has 0 radical (unpaired) electrons. The summed E-state index contributed by atoms with van der Waals surface area (Å²) in [6.07, 6.45) is 1.22. The molecular weight excluding hydrogens is 300 g/mol. The van der Waals surface area contributed by atoms with Crippen molar-refractivity contribution < 1.29 is 14.1 Å². The summed E-state index contributed by atoms with van der Waals surface area (Å²) in [4.78, 5) is 10.5. The Morgan fingerprint density at radius 2 is 2.00 bits per heavy atom. The van der Waals surface area contributed by atoms with Gasteiger partial charge in [-0.25, -0.2) is 0 Å². The van der Waals surface area contributed by atoms with Crippen LogP contribution in [0, 0.1) is 21.4 Å². The van der Waals surface area contributed by atoms with E-state index in [1.807, 2.05) is 6.07 Å². The predicted molar refractivity (Wildman–Crippen MR) is 77.6 cm³/mol. The zero-order chi connectivity index (χ0) is 16.2. The molecule has 0 amide bonds. The van der Waals surface area contributed by atoms with Crippen LogP contribution in [0.5, 0.6) is 11.5 Å². The summed E-state index contributed by atoms with van der Waals surface area (Å²) < 4.78 is 10.6. The Kier molecular flexibility index (Phi) is 3.68. The van der Waals surface area contributed by atoms with Crippen molar-refractivity contribution in [2.24, 2.45) is 0 Å². The van der Waals surface area contributed by atoms with Gasteiger partial charge >= 0.3 is 5.69 Å². The third kappa shape index (κ3) is 2.98. The Bertz CT molecular complexity index is 883. The molecular formula is C15H8N4O4. The average molecular weight is 308 g/mol. The Balaban J connectivity index is 1.90.